The fourth-order valence-electron chi connectivity index (χ4n) is 2.89. The van der Waals surface area contributed by atoms with Crippen LogP contribution in [0.4, 0.5) is 0 Å². The van der Waals surface area contributed by atoms with E-state index < -0.39 is 0 Å². The maximum absolute atomic E-state index is 5.28. The first kappa shape index (κ1) is 10.6. The smallest absolute Gasteiger partial charge is 0.119 e. The highest BCUT2D eigenvalue weighted by Gasteiger charge is 2.22. The van der Waals surface area contributed by atoms with Crippen LogP contribution in [0.3, 0.4) is 0 Å². The average molecular weight is 227 g/mol. The monoisotopic (exact) mass is 227 g/mol. The Kier molecular flexibility index (Phi) is 2.50. The summed E-state index contributed by atoms with van der Waals surface area (Å²) in [6, 6.07) is 6.44. The molecule has 0 bridgehead atoms. The normalized spacial score (nSPS) is 22.6. The van der Waals surface area contributed by atoms with Gasteiger partial charge in [-0.1, -0.05) is 6.07 Å². The molecule has 1 aromatic carbocycles. The fourth-order valence-corrected chi connectivity index (χ4v) is 2.89. The predicted molar refractivity (Wildman–Crippen MR) is 70.8 cm³/mol. The van der Waals surface area contributed by atoms with E-state index in [0.717, 1.165) is 31.6 Å². The van der Waals surface area contributed by atoms with Gasteiger partial charge in [-0.2, -0.15) is 0 Å². The first-order valence-electron chi connectivity index (χ1n) is 6.20. The first-order valence-corrected chi connectivity index (χ1v) is 6.20. The summed E-state index contributed by atoms with van der Waals surface area (Å²) in [5.74, 6) is 0.965. The molecule has 0 saturated heterocycles. The molecule has 2 aliphatic rings. The van der Waals surface area contributed by atoms with Crippen molar-refractivity contribution in [1.29, 1.82) is 0 Å². The average Bonchev–Trinajstić information content (AvgIpc) is 2.94. The van der Waals surface area contributed by atoms with Crippen LogP contribution in [0, 0.1) is 0 Å². The largest absolute Gasteiger partial charge is 0.497 e. The van der Waals surface area contributed by atoms with Gasteiger partial charge in [0, 0.05) is 12.3 Å². The summed E-state index contributed by atoms with van der Waals surface area (Å²) in [7, 11) is 1.73. The van der Waals surface area contributed by atoms with Gasteiger partial charge in [-0.05, 0) is 60.6 Å². The standard InChI is InChI=1S/C15H17NO/c1-10-13(7-8-16-10)15-5-3-11-9-12(17-2)4-6-14(11)15/h4,6,9H,3,5,7-8H2,1-2H3/b15-13+. The van der Waals surface area contributed by atoms with Crippen molar-refractivity contribution < 1.29 is 4.74 Å². The number of hydrogen-bond acceptors (Lipinski definition) is 2. The molecule has 0 atom stereocenters. The van der Waals surface area contributed by atoms with E-state index in [1.54, 1.807) is 7.11 Å². The summed E-state index contributed by atoms with van der Waals surface area (Å²) >= 11 is 0. The lowest BCUT2D eigenvalue weighted by Gasteiger charge is -2.07. The second kappa shape index (κ2) is 4.02. The molecule has 1 aromatic rings. The highest BCUT2D eigenvalue weighted by Crippen LogP contribution is 2.38. The lowest BCUT2D eigenvalue weighted by Crippen LogP contribution is -1.95. The Morgan fingerprint density at radius 3 is 2.71 bits per heavy atom. The van der Waals surface area contributed by atoms with Gasteiger partial charge in [-0.3, -0.25) is 4.99 Å². The van der Waals surface area contributed by atoms with E-state index in [4.69, 9.17) is 4.74 Å². The third-order valence-corrected chi connectivity index (χ3v) is 3.79. The Hall–Kier alpha value is -1.57. The third kappa shape index (κ3) is 1.68. The molecule has 1 heterocycles. The zero-order valence-corrected chi connectivity index (χ0v) is 10.4. The molecule has 3 rings (SSSR count). The van der Waals surface area contributed by atoms with Crippen LogP contribution in [0.5, 0.6) is 5.75 Å². The Bertz CT molecular complexity index is 526. The van der Waals surface area contributed by atoms with Crippen molar-refractivity contribution >= 4 is 11.3 Å². The molecule has 1 aliphatic carbocycles. The molecule has 1 aliphatic heterocycles. The lowest BCUT2D eigenvalue weighted by molar-refractivity contribution is 0.414. The zero-order chi connectivity index (χ0) is 11.8. The number of hydrogen-bond donors (Lipinski definition) is 0. The number of benzene rings is 1. The van der Waals surface area contributed by atoms with Crippen LogP contribution in [0.1, 0.15) is 30.9 Å². The number of methoxy groups -OCH3 is 1. The molecule has 88 valence electrons. The molecule has 0 radical (unpaired) electrons. The Morgan fingerprint density at radius 1 is 1.12 bits per heavy atom. The molecule has 17 heavy (non-hydrogen) atoms. The Morgan fingerprint density at radius 2 is 2.00 bits per heavy atom. The van der Waals surface area contributed by atoms with Crippen molar-refractivity contribution in [3.05, 3.63) is 34.9 Å². The van der Waals surface area contributed by atoms with E-state index in [1.165, 1.54) is 28.0 Å². The van der Waals surface area contributed by atoms with E-state index in [-0.39, 0.29) is 0 Å². The minimum atomic E-state index is 0.965. The fraction of sp³-hybridized carbons (Fsp3) is 0.400. The number of ether oxygens (including phenoxy) is 1. The van der Waals surface area contributed by atoms with Crippen molar-refractivity contribution in [2.24, 2.45) is 4.99 Å². The van der Waals surface area contributed by atoms with Crippen molar-refractivity contribution in [2.75, 3.05) is 13.7 Å². The van der Waals surface area contributed by atoms with Crippen LogP contribution in [-0.2, 0) is 6.42 Å². The molecular weight excluding hydrogens is 210 g/mol. The number of aryl methyl sites for hydroxylation is 1. The third-order valence-electron chi connectivity index (χ3n) is 3.79. The topological polar surface area (TPSA) is 21.6 Å². The van der Waals surface area contributed by atoms with Crippen molar-refractivity contribution in [2.45, 2.75) is 26.2 Å². The van der Waals surface area contributed by atoms with Crippen LogP contribution in [0.2, 0.25) is 0 Å². The van der Waals surface area contributed by atoms with E-state index in [2.05, 4.69) is 30.1 Å². The Labute approximate surface area is 102 Å². The molecule has 2 nitrogen and oxygen atoms in total. The minimum absolute atomic E-state index is 0.965. The minimum Gasteiger partial charge on any atom is -0.497 e. The molecular formula is C15H17NO. The maximum atomic E-state index is 5.28. The Balaban J connectivity index is 2.08. The summed E-state index contributed by atoms with van der Waals surface area (Å²) in [6.45, 7) is 3.10. The highest BCUT2D eigenvalue weighted by atomic mass is 16.5. The van der Waals surface area contributed by atoms with Crippen LogP contribution in [0.15, 0.2) is 28.8 Å². The van der Waals surface area contributed by atoms with Gasteiger partial charge in [0.2, 0.25) is 0 Å². The van der Waals surface area contributed by atoms with Gasteiger partial charge in [0.15, 0.2) is 0 Å². The number of allylic oxidation sites excluding steroid dienone is 1. The van der Waals surface area contributed by atoms with Crippen molar-refractivity contribution in [1.82, 2.24) is 0 Å². The van der Waals surface area contributed by atoms with Crippen molar-refractivity contribution in [3.63, 3.8) is 0 Å². The summed E-state index contributed by atoms with van der Waals surface area (Å²) < 4.78 is 5.28. The summed E-state index contributed by atoms with van der Waals surface area (Å²) in [5, 5.41) is 0. The second-order valence-electron chi connectivity index (χ2n) is 4.70. The lowest BCUT2D eigenvalue weighted by atomic mass is 9.98. The van der Waals surface area contributed by atoms with Crippen LogP contribution >= 0.6 is 0 Å². The van der Waals surface area contributed by atoms with Crippen LogP contribution < -0.4 is 4.74 Å². The molecule has 0 N–H and O–H groups in total. The van der Waals surface area contributed by atoms with E-state index in [0.29, 0.717) is 0 Å². The quantitative estimate of drug-likeness (QED) is 0.721. The summed E-state index contributed by atoms with van der Waals surface area (Å²) in [5.41, 5.74) is 7.07. The highest BCUT2D eigenvalue weighted by molar-refractivity contribution is 6.07. The van der Waals surface area contributed by atoms with Gasteiger partial charge in [-0.15, -0.1) is 0 Å². The SMILES string of the molecule is COc1ccc2c(c1)CC/C2=C1/CCN=C1C. The molecule has 0 aromatic heterocycles. The van der Waals surface area contributed by atoms with Gasteiger partial charge >= 0.3 is 0 Å². The zero-order valence-electron chi connectivity index (χ0n) is 10.4. The number of fused-ring (bicyclic) bond motifs is 1. The molecule has 0 fully saturated rings. The van der Waals surface area contributed by atoms with Gasteiger partial charge in [0.05, 0.1) is 7.11 Å². The van der Waals surface area contributed by atoms with Gasteiger partial charge in [-0.25, -0.2) is 0 Å². The van der Waals surface area contributed by atoms with E-state index >= 15 is 0 Å². The van der Waals surface area contributed by atoms with Crippen molar-refractivity contribution in [3.8, 4) is 5.75 Å². The van der Waals surface area contributed by atoms with Crippen LogP contribution in [0.25, 0.3) is 5.57 Å². The number of nitrogens with zero attached hydrogens (tertiary/aromatic N) is 1. The van der Waals surface area contributed by atoms with E-state index in [1.807, 2.05) is 0 Å². The van der Waals surface area contributed by atoms with Gasteiger partial charge in [0.1, 0.15) is 5.75 Å². The summed E-state index contributed by atoms with van der Waals surface area (Å²) in [6.07, 6.45) is 3.41. The summed E-state index contributed by atoms with van der Waals surface area (Å²) in [4.78, 5) is 4.50. The number of aliphatic imine (C=N–C) groups is 1. The van der Waals surface area contributed by atoms with E-state index in [9.17, 15) is 0 Å². The predicted octanol–water partition coefficient (Wildman–Crippen LogP) is 3.26. The first-order chi connectivity index (χ1) is 8.29. The number of rotatable bonds is 1. The molecule has 0 amide bonds. The molecule has 0 unspecified atom stereocenters. The van der Waals surface area contributed by atoms with Crippen LogP contribution in [-0.4, -0.2) is 19.4 Å². The molecule has 0 saturated carbocycles. The molecule has 0 spiro atoms. The second-order valence-corrected chi connectivity index (χ2v) is 4.70. The van der Waals surface area contributed by atoms with Gasteiger partial charge < -0.3 is 4.74 Å². The maximum Gasteiger partial charge on any atom is 0.119 e. The molecule has 2 heteroatoms. The van der Waals surface area contributed by atoms with Gasteiger partial charge in [0.25, 0.3) is 0 Å².